The molecule has 0 saturated heterocycles. The van der Waals surface area contributed by atoms with Crippen LogP contribution < -0.4 is 10.0 Å². The molecule has 2 aromatic rings. The number of fused-ring (bicyclic) bond motifs is 1. The maximum Gasteiger partial charge on any atom is 0.277 e. The molecule has 0 fully saturated rings. The molecule has 0 bridgehead atoms. The molecule has 0 radical (unpaired) electrons. The summed E-state index contributed by atoms with van der Waals surface area (Å²) in [6, 6.07) is 13.3. The summed E-state index contributed by atoms with van der Waals surface area (Å²) in [6.07, 6.45) is 0. The Morgan fingerprint density at radius 3 is 2.25 bits per heavy atom. The summed E-state index contributed by atoms with van der Waals surface area (Å²) in [4.78, 5) is 18.8. The van der Waals surface area contributed by atoms with Crippen molar-refractivity contribution < 1.29 is 13.2 Å². The third-order valence-electron chi connectivity index (χ3n) is 3.76. The predicted octanol–water partition coefficient (Wildman–Crippen LogP) is 2.21. The van der Waals surface area contributed by atoms with Crippen LogP contribution in [-0.2, 0) is 14.8 Å². The summed E-state index contributed by atoms with van der Waals surface area (Å²) in [5.41, 5.74) is 2.44. The van der Waals surface area contributed by atoms with Gasteiger partial charge in [-0.05, 0) is 44.2 Å². The van der Waals surface area contributed by atoms with Crippen LogP contribution in [0.1, 0.15) is 19.4 Å². The molecule has 1 aliphatic rings. The molecule has 1 amide bonds. The van der Waals surface area contributed by atoms with E-state index in [1.807, 2.05) is 38.1 Å². The number of para-hydroxylation sites is 1. The highest BCUT2D eigenvalue weighted by atomic mass is 32.2. The normalized spacial score (nSPS) is 16.1. The second-order valence-electron chi connectivity index (χ2n) is 5.79. The van der Waals surface area contributed by atoms with Gasteiger partial charge in [0.05, 0.1) is 16.3 Å². The summed E-state index contributed by atoms with van der Waals surface area (Å²) in [5.74, 6) is -0.165. The van der Waals surface area contributed by atoms with Crippen molar-refractivity contribution in [2.45, 2.75) is 24.8 Å². The van der Waals surface area contributed by atoms with Gasteiger partial charge in [-0.1, -0.05) is 18.2 Å². The number of carbonyl (C=O) groups is 1. The Balaban J connectivity index is 2.06. The van der Waals surface area contributed by atoms with E-state index >= 15 is 0 Å². The molecular weight excluding hydrogens is 326 g/mol. The molecule has 0 unspecified atom stereocenters. The largest absolute Gasteiger partial charge is 0.304 e. The number of aliphatic imine (C=N–C) groups is 1. The smallest absolute Gasteiger partial charge is 0.277 e. The first-order valence-corrected chi connectivity index (χ1v) is 8.98. The molecule has 6 nitrogen and oxygen atoms in total. The molecule has 1 heterocycles. The van der Waals surface area contributed by atoms with E-state index in [1.54, 1.807) is 4.90 Å². The minimum absolute atomic E-state index is 0.00778. The van der Waals surface area contributed by atoms with E-state index in [-0.39, 0.29) is 16.8 Å². The summed E-state index contributed by atoms with van der Waals surface area (Å²) < 4.78 is 22.6. The number of anilines is 1. The fraction of sp³-hybridized carbons (Fsp3) is 0.176. The number of nitrogens with two attached hydrogens (primary N) is 1. The van der Waals surface area contributed by atoms with Gasteiger partial charge in [0.25, 0.3) is 5.91 Å². The van der Waals surface area contributed by atoms with Crippen molar-refractivity contribution in [2.24, 2.45) is 10.1 Å². The fourth-order valence-corrected chi connectivity index (χ4v) is 3.20. The molecular formula is C17H17N3O3S. The van der Waals surface area contributed by atoms with Crippen molar-refractivity contribution in [3.8, 4) is 0 Å². The molecule has 3 rings (SSSR count). The lowest BCUT2D eigenvalue weighted by molar-refractivity contribution is -0.112. The lowest BCUT2D eigenvalue weighted by Crippen LogP contribution is -2.35. The van der Waals surface area contributed by atoms with Crippen LogP contribution in [0.4, 0.5) is 11.4 Å². The lowest BCUT2D eigenvalue weighted by Gasteiger charge is -2.20. The van der Waals surface area contributed by atoms with Gasteiger partial charge in [-0.3, -0.25) is 4.79 Å². The van der Waals surface area contributed by atoms with Crippen molar-refractivity contribution >= 4 is 33.0 Å². The molecule has 0 atom stereocenters. The number of primary sulfonamides is 1. The monoisotopic (exact) mass is 343 g/mol. The zero-order chi connectivity index (χ0) is 17.5. The molecule has 124 valence electrons. The first-order valence-electron chi connectivity index (χ1n) is 7.43. The average molecular weight is 343 g/mol. The maximum atomic E-state index is 12.7. The fourth-order valence-electron chi connectivity index (χ4n) is 2.68. The Morgan fingerprint density at radius 1 is 1.04 bits per heavy atom. The Labute approximate surface area is 140 Å². The summed E-state index contributed by atoms with van der Waals surface area (Å²) in [7, 11) is -3.75. The standard InChI is InChI=1S/C17H17N3O3S/c1-11(2)20-15-6-4-3-5-14(15)16(17(20)21)19-12-7-9-13(10-8-12)24(18,22)23/h3-11H,1-2H3,(H2,18,22,23). The molecule has 1 aliphatic heterocycles. The second-order valence-corrected chi connectivity index (χ2v) is 7.35. The number of hydrogen-bond acceptors (Lipinski definition) is 4. The summed E-state index contributed by atoms with van der Waals surface area (Å²) >= 11 is 0. The van der Waals surface area contributed by atoms with E-state index in [9.17, 15) is 13.2 Å². The SMILES string of the molecule is CC(C)N1C(=O)C(=Nc2ccc(S(N)(=O)=O)cc2)c2ccccc21. The van der Waals surface area contributed by atoms with Crippen LogP contribution in [0.25, 0.3) is 0 Å². The third kappa shape index (κ3) is 2.83. The molecule has 0 aliphatic carbocycles. The van der Waals surface area contributed by atoms with Gasteiger partial charge in [-0.15, -0.1) is 0 Å². The maximum absolute atomic E-state index is 12.7. The molecule has 7 heteroatoms. The van der Waals surface area contributed by atoms with Gasteiger partial charge in [0.2, 0.25) is 10.0 Å². The Bertz CT molecular complexity index is 932. The number of benzene rings is 2. The topological polar surface area (TPSA) is 92.8 Å². The number of nitrogens with zero attached hydrogens (tertiary/aromatic N) is 2. The van der Waals surface area contributed by atoms with Crippen LogP contribution in [-0.4, -0.2) is 26.1 Å². The molecule has 2 N–H and O–H groups in total. The number of rotatable bonds is 3. The van der Waals surface area contributed by atoms with Crippen LogP contribution in [0.2, 0.25) is 0 Å². The number of hydrogen-bond donors (Lipinski definition) is 1. The van der Waals surface area contributed by atoms with Crippen LogP contribution in [0.3, 0.4) is 0 Å². The number of amides is 1. The molecule has 2 aromatic carbocycles. The molecule has 24 heavy (non-hydrogen) atoms. The van der Waals surface area contributed by atoms with Gasteiger partial charge in [-0.2, -0.15) is 0 Å². The predicted molar refractivity (Wildman–Crippen MR) is 93.1 cm³/mol. The Morgan fingerprint density at radius 2 is 1.67 bits per heavy atom. The van der Waals surface area contributed by atoms with E-state index < -0.39 is 10.0 Å². The zero-order valence-corrected chi connectivity index (χ0v) is 14.1. The Hall–Kier alpha value is -2.51. The summed E-state index contributed by atoms with van der Waals surface area (Å²) in [5, 5.41) is 5.08. The molecule has 0 spiro atoms. The van der Waals surface area contributed by atoms with Gasteiger partial charge in [-0.25, -0.2) is 18.5 Å². The minimum atomic E-state index is -3.75. The third-order valence-corrected chi connectivity index (χ3v) is 4.69. The molecule has 0 aromatic heterocycles. The van der Waals surface area contributed by atoms with Crippen molar-refractivity contribution in [2.75, 3.05) is 4.90 Å². The van der Waals surface area contributed by atoms with Crippen molar-refractivity contribution in [1.29, 1.82) is 0 Å². The van der Waals surface area contributed by atoms with Gasteiger partial charge >= 0.3 is 0 Å². The number of carbonyl (C=O) groups excluding carboxylic acids is 1. The quantitative estimate of drug-likeness (QED) is 0.926. The van der Waals surface area contributed by atoms with E-state index in [0.717, 1.165) is 11.3 Å². The summed E-state index contributed by atoms with van der Waals surface area (Å²) in [6.45, 7) is 3.89. The van der Waals surface area contributed by atoms with Crippen LogP contribution in [0.5, 0.6) is 0 Å². The van der Waals surface area contributed by atoms with Gasteiger partial charge < -0.3 is 4.90 Å². The highest BCUT2D eigenvalue weighted by Crippen LogP contribution is 2.32. The van der Waals surface area contributed by atoms with Gasteiger partial charge in [0.15, 0.2) is 0 Å². The van der Waals surface area contributed by atoms with E-state index in [2.05, 4.69) is 4.99 Å². The van der Waals surface area contributed by atoms with Crippen LogP contribution in [0, 0.1) is 0 Å². The van der Waals surface area contributed by atoms with Crippen molar-refractivity contribution in [1.82, 2.24) is 0 Å². The number of sulfonamides is 1. The van der Waals surface area contributed by atoms with Gasteiger partial charge in [0, 0.05) is 11.6 Å². The van der Waals surface area contributed by atoms with E-state index in [4.69, 9.17) is 5.14 Å². The van der Waals surface area contributed by atoms with E-state index in [1.165, 1.54) is 24.3 Å². The zero-order valence-electron chi connectivity index (χ0n) is 13.3. The first kappa shape index (κ1) is 16.4. The van der Waals surface area contributed by atoms with Crippen LogP contribution >= 0.6 is 0 Å². The average Bonchev–Trinajstić information content (AvgIpc) is 2.79. The second kappa shape index (κ2) is 5.85. The molecule has 0 saturated carbocycles. The van der Waals surface area contributed by atoms with Gasteiger partial charge in [0.1, 0.15) is 5.71 Å². The van der Waals surface area contributed by atoms with Crippen molar-refractivity contribution in [3.63, 3.8) is 0 Å². The van der Waals surface area contributed by atoms with Crippen LogP contribution in [0.15, 0.2) is 58.4 Å². The highest BCUT2D eigenvalue weighted by Gasteiger charge is 2.35. The highest BCUT2D eigenvalue weighted by molar-refractivity contribution is 7.89. The Kier molecular flexibility index (Phi) is 3.98. The van der Waals surface area contributed by atoms with Crippen molar-refractivity contribution in [3.05, 3.63) is 54.1 Å². The minimum Gasteiger partial charge on any atom is -0.304 e. The lowest BCUT2D eigenvalue weighted by atomic mass is 10.1. The first-order chi connectivity index (χ1) is 11.3. The van der Waals surface area contributed by atoms with E-state index in [0.29, 0.717) is 11.4 Å².